The highest BCUT2D eigenvalue weighted by molar-refractivity contribution is 5.65. The summed E-state index contributed by atoms with van der Waals surface area (Å²) in [5, 5.41) is 0. The number of aromatic nitrogens is 2. The van der Waals surface area contributed by atoms with Crippen molar-refractivity contribution in [2.75, 3.05) is 5.73 Å². The van der Waals surface area contributed by atoms with E-state index in [9.17, 15) is 8.78 Å². The average Bonchev–Trinajstić information content (AvgIpc) is 2.35. The van der Waals surface area contributed by atoms with E-state index in [0.29, 0.717) is 17.1 Å². The number of alkyl halides is 2. The Morgan fingerprint density at radius 2 is 1.84 bits per heavy atom. The Kier molecular flexibility index (Phi) is 3.59. The van der Waals surface area contributed by atoms with Crippen LogP contribution < -0.4 is 10.5 Å². The van der Waals surface area contributed by atoms with Gasteiger partial charge in [0.15, 0.2) is 5.82 Å². The van der Waals surface area contributed by atoms with Gasteiger partial charge in [0.25, 0.3) is 0 Å². The van der Waals surface area contributed by atoms with Crippen molar-refractivity contribution in [3.63, 3.8) is 0 Å². The molecule has 0 unspecified atom stereocenters. The summed E-state index contributed by atoms with van der Waals surface area (Å²) >= 11 is 0. The number of ether oxygens (including phenoxy) is 1. The van der Waals surface area contributed by atoms with E-state index < -0.39 is 6.61 Å². The molecular weight excluding hydrogens is 252 g/mol. The maximum atomic E-state index is 12.4. The first-order valence-electron chi connectivity index (χ1n) is 5.64. The molecule has 19 heavy (non-hydrogen) atoms. The molecule has 0 radical (unpaired) electrons. The molecule has 0 aliphatic carbocycles. The molecule has 4 nitrogen and oxygen atoms in total. The van der Waals surface area contributed by atoms with E-state index in [-0.39, 0.29) is 11.6 Å². The molecule has 1 aromatic heterocycles. The molecule has 1 aromatic carbocycles. The van der Waals surface area contributed by atoms with Crippen LogP contribution in [-0.2, 0) is 0 Å². The second kappa shape index (κ2) is 5.17. The van der Waals surface area contributed by atoms with Crippen LogP contribution in [-0.4, -0.2) is 16.6 Å². The first-order valence-corrected chi connectivity index (χ1v) is 5.64. The van der Waals surface area contributed by atoms with Gasteiger partial charge in [0.1, 0.15) is 11.6 Å². The maximum Gasteiger partial charge on any atom is 0.387 e. The quantitative estimate of drug-likeness (QED) is 0.926. The van der Waals surface area contributed by atoms with Gasteiger partial charge in [0, 0.05) is 11.3 Å². The van der Waals surface area contributed by atoms with Crippen molar-refractivity contribution < 1.29 is 13.5 Å². The summed E-state index contributed by atoms with van der Waals surface area (Å²) in [5.41, 5.74) is 7.63. The normalized spacial score (nSPS) is 10.8. The average molecular weight is 265 g/mol. The van der Waals surface area contributed by atoms with Crippen LogP contribution in [0.1, 0.15) is 11.3 Å². The van der Waals surface area contributed by atoms with Gasteiger partial charge in [0.05, 0.1) is 5.56 Å². The van der Waals surface area contributed by atoms with Gasteiger partial charge in [-0.1, -0.05) is 12.1 Å². The van der Waals surface area contributed by atoms with Crippen molar-refractivity contribution in [2.24, 2.45) is 0 Å². The largest absolute Gasteiger partial charge is 0.434 e. The lowest BCUT2D eigenvalue weighted by Crippen LogP contribution is -2.06. The molecule has 0 aliphatic rings. The Hall–Kier alpha value is -2.24. The first-order chi connectivity index (χ1) is 8.99. The zero-order valence-corrected chi connectivity index (χ0v) is 10.5. The number of hydrogen-bond donors (Lipinski definition) is 1. The number of halogens is 2. The van der Waals surface area contributed by atoms with Crippen molar-refractivity contribution in [1.29, 1.82) is 0 Å². The molecule has 2 rings (SSSR count). The van der Waals surface area contributed by atoms with Crippen LogP contribution in [0, 0.1) is 13.8 Å². The predicted molar refractivity (Wildman–Crippen MR) is 68.0 cm³/mol. The van der Waals surface area contributed by atoms with Crippen molar-refractivity contribution in [1.82, 2.24) is 9.97 Å². The maximum absolute atomic E-state index is 12.4. The molecule has 0 saturated carbocycles. The summed E-state index contributed by atoms with van der Waals surface area (Å²) in [5.74, 6) is 0.631. The molecule has 0 spiro atoms. The zero-order valence-electron chi connectivity index (χ0n) is 10.5. The number of anilines is 1. The first kappa shape index (κ1) is 13.2. The molecule has 0 atom stereocenters. The van der Waals surface area contributed by atoms with Crippen LogP contribution in [0.2, 0.25) is 0 Å². The molecule has 1 heterocycles. The summed E-state index contributed by atoms with van der Waals surface area (Å²) in [6, 6.07) is 6.35. The number of hydrogen-bond acceptors (Lipinski definition) is 4. The minimum Gasteiger partial charge on any atom is -0.434 e. The fraction of sp³-hybridized carbons (Fsp3) is 0.231. The second-order valence-electron chi connectivity index (χ2n) is 4.02. The van der Waals surface area contributed by atoms with E-state index in [2.05, 4.69) is 14.7 Å². The molecule has 0 fully saturated rings. The Morgan fingerprint density at radius 1 is 1.16 bits per heavy atom. The van der Waals surface area contributed by atoms with Crippen LogP contribution in [0.15, 0.2) is 24.3 Å². The summed E-state index contributed by atoms with van der Waals surface area (Å²) < 4.78 is 29.2. The highest BCUT2D eigenvalue weighted by atomic mass is 19.3. The van der Waals surface area contributed by atoms with Crippen LogP contribution in [0.4, 0.5) is 14.6 Å². The third kappa shape index (κ3) is 2.78. The molecule has 0 saturated heterocycles. The molecule has 6 heteroatoms. The molecular formula is C13H13F2N3O. The molecule has 0 amide bonds. The monoisotopic (exact) mass is 265 g/mol. The van der Waals surface area contributed by atoms with E-state index in [4.69, 9.17) is 5.73 Å². The van der Waals surface area contributed by atoms with E-state index in [1.165, 1.54) is 6.07 Å². The number of nitrogens with two attached hydrogens (primary N) is 1. The van der Waals surface area contributed by atoms with Crippen LogP contribution in [0.25, 0.3) is 11.4 Å². The Balaban J connectivity index is 2.53. The van der Waals surface area contributed by atoms with Crippen LogP contribution in [0.3, 0.4) is 0 Å². The topological polar surface area (TPSA) is 61.0 Å². The van der Waals surface area contributed by atoms with Gasteiger partial charge in [-0.05, 0) is 26.0 Å². The van der Waals surface area contributed by atoms with Gasteiger partial charge in [-0.15, -0.1) is 0 Å². The van der Waals surface area contributed by atoms with Crippen LogP contribution >= 0.6 is 0 Å². The lowest BCUT2D eigenvalue weighted by Gasteiger charge is -2.11. The second-order valence-corrected chi connectivity index (χ2v) is 4.02. The van der Waals surface area contributed by atoms with E-state index in [1.54, 1.807) is 32.0 Å². The summed E-state index contributed by atoms with van der Waals surface area (Å²) in [6.07, 6.45) is 0. The minimum atomic E-state index is -2.90. The summed E-state index contributed by atoms with van der Waals surface area (Å²) in [4.78, 5) is 8.37. The fourth-order valence-electron chi connectivity index (χ4n) is 1.62. The van der Waals surface area contributed by atoms with E-state index in [0.717, 1.165) is 5.56 Å². The SMILES string of the molecule is Cc1nc(-c2ccccc2OC(F)F)nc(N)c1C. The highest BCUT2D eigenvalue weighted by Gasteiger charge is 2.14. The van der Waals surface area contributed by atoms with Gasteiger partial charge in [-0.3, -0.25) is 0 Å². The number of nitrogen functional groups attached to an aromatic ring is 1. The smallest absolute Gasteiger partial charge is 0.387 e. The molecule has 100 valence electrons. The van der Waals surface area contributed by atoms with E-state index >= 15 is 0 Å². The number of nitrogens with zero attached hydrogens (tertiary/aromatic N) is 2. The molecule has 2 N–H and O–H groups in total. The number of benzene rings is 1. The van der Waals surface area contributed by atoms with Gasteiger partial charge < -0.3 is 10.5 Å². The molecule has 0 aliphatic heterocycles. The van der Waals surface area contributed by atoms with E-state index in [1.807, 2.05) is 0 Å². The Bertz CT molecular complexity index is 579. The van der Waals surface area contributed by atoms with Gasteiger partial charge in [0.2, 0.25) is 0 Å². The Morgan fingerprint density at radius 3 is 2.47 bits per heavy atom. The molecule has 2 aromatic rings. The predicted octanol–water partition coefficient (Wildman–Crippen LogP) is 2.94. The fourth-order valence-corrected chi connectivity index (χ4v) is 1.62. The number of aryl methyl sites for hydroxylation is 1. The van der Waals surface area contributed by atoms with Crippen molar-refractivity contribution in [3.8, 4) is 17.1 Å². The third-order valence-corrected chi connectivity index (χ3v) is 2.77. The summed E-state index contributed by atoms with van der Waals surface area (Å²) in [7, 11) is 0. The lowest BCUT2D eigenvalue weighted by atomic mass is 10.1. The van der Waals surface area contributed by atoms with Crippen molar-refractivity contribution in [3.05, 3.63) is 35.5 Å². The lowest BCUT2D eigenvalue weighted by molar-refractivity contribution is -0.0494. The summed E-state index contributed by atoms with van der Waals surface area (Å²) in [6.45, 7) is 0.689. The Labute approximate surface area is 109 Å². The van der Waals surface area contributed by atoms with Gasteiger partial charge >= 0.3 is 6.61 Å². The van der Waals surface area contributed by atoms with Gasteiger partial charge in [-0.25, -0.2) is 9.97 Å². The number of rotatable bonds is 3. The number of para-hydroxylation sites is 1. The van der Waals surface area contributed by atoms with Crippen LogP contribution in [0.5, 0.6) is 5.75 Å². The van der Waals surface area contributed by atoms with Crippen molar-refractivity contribution in [2.45, 2.75) is 20.5 Å². The van der Waals surface area contributed by atoms with Gasteiger partial charge in [-0.2, -0.15) is 8.78 Å². The molecule has 0 bridgehead atoms. The minimum absolute atomic E-state index is 0.0279. The zero-order chi connectivity index (χ0) is 14.0. The third-order valence-electron chi connectivity index (χ3n) is 2.77. The standard InChI is InChI=1S/C13H13F2N3O/c1-7-8(2)17-12(18-11(7)16)9-5-3-4-6-10(9)19-13(14)15/h3-6,13H,1-2H3,(H2,16,17,18). The highest BCUT2D eigenvalue weighted by Crippen LogP contribution is 2.29. The van der Waals surface area contributed by atoms with Crippen molar-refractivity contribution >= 4 is 5.82 Å².